The Morgan fingerprint density at radius 3 is 2.52 bits per heavy atom. The summed E-state index contributed by atoms with van der Waals surface area (Å²) in [5.74, 6) is 0.512. The van der Waals surface area contributed by atoms with E-state index in [1.54, 1.807) is 12.3 Å². The van der Waals surface area contributed by atoms with Crippen molar-refractivity contribution in [2.75, 3.05) is 11.5 Å². The second-order valence-corrected chi connectivity index (χ2v) is 6.28. The molecule has 3 aromatic rings. The van der Waals surface area contributed by atoms with Gasteiger partial charge < -0.3 is 11.5 Å². The summed E-state index contributed by atoms with van der Waals surface area (Å²) < 4.78 is 0. The van der Waals surface area contributed by atoms with Gasteiger partial charge in [-0.1, -0.05) is 18.2 Å². The molecule has 1 aliphatic rings. The van der Waals surface area contributed by atoms with Crippen LogP contribution in [0.3, 0.4) is 0 Å². The summed E-state index contributed by atoms with van der Waals surface area (Å²) in [4.78, 5) is 0. The molecule has 0 spiro atoms. The smallest absolute Gasteiger partial charge is 0.195 e. The molecule has 0 radical (unpaired) electrons. The molecule has 6 nitrogen and oxygen atoms in total. The number of H-pyrrole nitrogens is 1. The van der Waals surface area contributed by atoms with E-state index in [4.69, 9.17) is 11.5 Å². The van der Waals surface area contributed by atoms with Gasteiger partial charge in [0.15, 0.2) is 5.82 Å². The third kappa shape index (κ3) is 2.98. The largest absolute Gasteiger partial charge is 0.398 e. The van der Waals surface area contributed by atoms with Crippen molar-refractivity contribution in [3.8, 4) is 11.1 Å². The Hall–Kier alpha value is -3.15. The van der Waals surface area contributed by atoms with Crippen molar-refractivity contribution in [2.24, 2.45) is 10.2 Å². The fourth-order valence-electron chi connectivity index (χ4n) is 3.47. The number of aromatic nitrogens is 2. The number of anilines is 2. The molecule has 1 heterocycles. The molecule has 6 heteroatoms. The number of nitrogens with two attached hydrogens (primary N) is 2. The lowest BCUT2D eigenvalue weighted by Gasteiger charge is -2.21. The van der Waals surface area contributed by atoms with E-state index in [0.29, 0.717) is 22.9 Å². The third-order valence-corrected chi connectivity index (χ3v) is 4.60. The molecule has 1 aliphatic carbocycles. The van der Waals surface area contributed by atoms with Crippen LogP contribution in [0.4, 0.5) is 22.9 Å². The van der Waals surface area contributed by atoms with E-state index in [9.17, 15) is 0 Å². The number of rotatable bonds is 3. The van der Waals surface area contributed by atoms with Crippen LogP contribution in [0.2, 0.25) is 0 Å². The molecule has 0 aliphatic heterocycles. The maximum Gasteiger partial charge on any atom is 0.195 e. The Kier molecular flexibility index (Phi) is 3.93. The maximum absolute atomic E-state index is 6.33. The fraction of sp³-hybridized carbons (Fsp3) is 0.211. The number of hydrogen-bond donors (Lipinski definition) is 3. The molecular weight excluding hydrogens is 312 g/mol. The zero-order valence-electron chi connectivity index (χ0n) is 13.9. The number of nitrogens with one attached hydrogen (secondary N) is 1. The number of nitrogens with zero attached hydrogens (tertiary/aromatic N) is 3. The maximum atomic E-state index is 6.33. The summed E-state index contributed by atoms with van der Waals surface area (Å²) in [6.45, 7) is 0. The number of nitrogen functional groups attached to an aromatic ring is 2. The molecule has 0 amide bonds. The topological polar surface area (TPSA) is 105 Å². The second kappa shape index (κ2) is 6.39. The van der Waals surface area contributed by atoms with E-state index in [2.05, 4.69) is 38.6 Å². The van der Waals surface area contributed by atoms with Gasteiger partial charge in [0.1, 0.15) is 0 Å². The van der Waals surface area contributed by atoms with E-state index < -0.39 is 0 Å². The molecule has 0 fully saturated rings. The quantitative estimate of drug-likeness (QED) is 0.484. The molecule has 0 bridgehead atoms. The normalized spacial score (nSPS) is 13.9. The number of hydrogen-bond acceptors (Lipinski definition) is 5. The molecule has 5 N–H and O–H groups in total. The number of aryl methyl sites for hydroxylation is 1. The van der Waals surface area contributed by atoms with Crippen LogP contribution < -0.4 is 11.5 Å². The van der Waals surface area contributed by atoms with Gasteiger partial charge in [-0.3, -0.25) is 5.10 Å². The van der Waals surface area contributed by atoms with Gasteiger partial charge in [0.2, 0.25) is 0 Å². The lowest BCUT2D eigenvalue weighted by atomic mass is 9.85. The van der Waals surface area contributed by atoms with Crippen molar-refractivity contribution in [3.05, 3.63) is 53.7 Å². The number of fused-ring (bicyclic) bond motifs is 1. The van der Waals surface area contributed by atoms with Crippen LogP contribution in [-0.2, 0) is 12.8 Å². The average molecular weight is 332 g/mol. The van der Waals surface area contributed by atoms with E-state index >= 15 is 0 Å². The van der Waals surface area contributed by atoms with Gasteiger partial charge in [-0.2, -0.15) is 5.10 Å². The molecule has 25 heavy (non-hydrogen) atoms. The Morgan fingerprint density at radius 1 is 0.960 bits per heavy atom. The van der Waals surface area contributed by atoms with Crippen molar-refractivity contribution in [2.45, 2.75) is 25.7 Å². The third-order valence-electron chi connectivity index (χ3n) is 4.60. The van der Waals surface area contributed by atoms with Crippen LogP contribution in [0.1, 0.15) is 24.0 Å². The van der Waals surface area contributed by atoms with E-state index in [-0.39, 0.29) is 0 Å². The van der Waals surface area contributed by atoms with Crippen LogP contribution in [0.5, 0.6) is 0 Å². The van der Waals surface area contributed by atoms with Gasteiger partial charge in [-0.05, 0) is 54.5 Å². The Labute approximate surface area is 146 Å². The van der Waals surface area contributed by atoms with Crippen LogP contribution >= 0.6 is 0 Å². The Bertz CT molecular complexity index is 904. The van der Waals surface area contributed by atoms with Gasteiger partial charge in [0.05, 0.1) is 5.69 Å². The molecule has 1 aromatic heterocycles. The highest BCUT2D eigenvalue weighted by Crippen LogP contribution is 2.40. The lowest BCUT2D eigenvalue weighted by molar-refractivity contribution is 0.687. The predicted molar refractivity (Wildman–Crippen MR) is 100 cm³/mol. The number of aromatic amines is 1. The molecule has 2 aromatic carbocycles. The van der Waals surface area contributed by atoms with E-state index in [1.807, 2.05) is 12.1 Å². The number of azo groups is 1. The SMILES string of the molecule is Nc1cc(N=Nc2cc[nH]n2)cc(N)c1-c1cccc2c1CCCC2. The summed E-state index contributed by atoms with van der Waals surface area (Å²) in [6.07, 6.45) is 6.34. The van der Waals surface area contributed by atoms with Crippen molar-refractivity contribution < 1.29 is 0 Å². The summed E-state index contributed by atoms with van der Waals surface area (Å²) >= 11 is 0. The zero-order valence-corrected chi connectivity index (χ0v) is 13.9. The highest BCUT2D eigenvalue weighted by Gasteiger charge is 2.17. The molecule has 0 saturated heterocycles. The molecule has 0 atom stereocenters. The first-order valence-corrected chi connectivity index (χ1v) is 8.44. The molecule has 126 valence electrons. The lowest BCUT2D eigenvalue weighted by Crippen LogP contribution is -2.06. The zero-order chi connectivity index (χ0) is 17.2. The highest BCUT2D eigenvalue weighted by atomic mass is 15.2. The van der Waals surface area contributed by atoms with Crippen LogP contribution in [0, 0.1) is 0 Å². The second-order valence-electron chi connectivity index (χ2n) is 6.28. The highest BCUT2D eigenvalue weighted by molar-refractivity contribution is 5.90. The molecule has 4 rings (SSSR count). The number of benzene rings is 2. The Balaban J connectivity index is 1.74. The van der Waals surface area contributed by atoms with Crippen LogP contribution in [0.25, 0.3) is 11.1 Å². The predicted octanol–water partition coefficient (Wildman–Crippen LogP) is 4.54. The van der Waals surface area contributed by atoms with Gasteiger partial charge in [-0.25, -0.2) is 0 Å². The van der Waals surface area contributed by atoms with Crippen molar-refractivity contribution in [1.82, 2.24) is 10.2 Å². The van der Waals surface area contributed by atoms with E-state index in [1.165, 1.54) is 24.0 Å². The van der Waals surface area contributed by atoms with Gasteiger partial charge in [0.25, 0.3) is 0 Å². The van der Waals surface area contributed by atoms with E-state index in [0.717, 1.165) is 24.0 Å². The van der Waals surface area contributed by atoms with Crippen molar-refractivity contribution in [1.29, 1.82) is 0 Å². The van der Waals surface area contributed by atoms with Crippen LogP contribution in [0.15, 0.2) is 52.8 Å². The first-order valence-electron chi connectivity index (χ1n) is 8.44. The summed E-state index contributed by atoms with van der Waals surface area (Å²) in [5, 5.41) is 14.9. The van der Waals surface area contributed by atoms with Crippen LogP contribution in [-0.4, -0.2) is 10.2 Å². The van der Waals surface area contributed by atoms with Crippen molar-refractivity contribution >= 4 is 22.9 Å². The monoisotopic (exact) mass is 332 g/mol. The molecule has 0 unspecified atom stereocenters. The minimum absolute atomic E-state index is 0.512. The average Bonchev–Trinajstić information content (AvgIpc) is 3.13. The summed E-state index contributed by atoms with van der Waals surface area (Å²) in [6, 6.07) is 11.8. The summed E-state index contributed by atoms with van der Waals surface area (Å²) in [5.41, 5.74) is 19.3. The van der Waals surface area contributed by atoms with Gasteiger partial charge >= 0.3 is 0 Å². The summed E-state index contributed by atoms with van der Waals surface area (Å²) in [7, 11) is 0. The standard InChI is InChI=1S/C19H20N6/c20-16-10-13(23-25-18-8-9-22-24-18)11-17(21)19(16)15-7-3-5-12-4-1-2-6-14(12)15/h3,5,7-11H,1-2,4,6,20-21H2,(H,22,24). The minimum Gasteiger partial charge on any atom is -0.398 e. The molecule has 0 saturated carbocycles. The van der Waals surface area contributed by atoms with Gasteiger partial charge in [-0.15, -0.1) is 10.2 Å². The fourth-order valence-corrected chi connectivity index (χ4v) is 3.47. The first kappa shape index (κ1) is 15.4. The Morgan fingerprint density at radius 2 is 1.76 bits per heavy atom. The van der Waals surface area contributed by atoms with Crippen molar-refractivity contribution in [3.63, 3.8) is 0 Å². The first-order chi connectivity index (χ1) is 12.2. The molecular formula is C19H20N6. The van der Waals surface area contributed by atoms with Gasteiger partial charge in [0, 0.05) is 29.2 Å². The minimum atomic E-state index is 0.512.